The molecular formula is C12H19NS2. The quantitative estimate of drug-likeness (QED) is 0.609. The number of hydrogen-bond donors (Lipinski definition) is 2. The number of rotatable bonds is 5. The van der Waals surface area contributed by atoms with Gasteiger partial charge >= 0.3 is 0 Å². The van der Waals surface area contributed by atoms with E-state index in [0.29, 0.717) is 5.25 Å². The number of thioether (sulfide) groups is 1. The lowest BCUT2D eigenvalue weighted by Gasteiger charge is -2.11. The predicted octanol–water partition coefficient (Wildman–Crippen LogP) is 3.51. The lowest BCUT2D eigenvalue weighted by atomic mass is 10.1. The molecule has 15 heavy (non-hydrogen) atoms. The Morgan fingerprint density at radius 1 is 1.27 bits per heavy atom. The fourth-order valence-electron chi connectivity index (χ4n) is 1.37. The summed E-state index contributed by atoms with van der Waals surface area (Å²) in [4.78, 5) is 1.31. The van der Waals surface area contributed by atoms with E-state index in [1.165, 1.54) is 10.5 Å². The van der Waals surface area contributed by atoms with Crippen molar-refractivity contribution in [3.05, 3.63) is 29.8 Å². The van der Waals surface area contributed by atoms with Gasteiger partial charge in [0.15, 0.2) is 0 Å². The molecule has 0 saturated heterocycles. The van der Waals surface area contributed by atoms with E-state index in [1.807, 2.05) is 11.8 Å². The van der Waals surface area contributed by atoms with Gasteiger partial charge in [-0.15, -0.1) is 11.8 Å². The molecular weight excluding hydrogens is 222 g/mol. The van der Waals surface area contributed by atoms with Crippen LogP contribution in [-0.4, -0.2) is 11.0 Å². The van der Waals surface area contributed by atoms with E-state index in [4.69, 9.17) is 5.73 Å². The molecule has 0 radical (unpaired) electrons. The molecule has 0 heterocycles. The molecule has 0 aromatic heterocycles. The van der Waals surface area contributed by atoms with E-state index in [2.05, 4.69) is 50.7 Å². The van der Waals surface area contributed by atoms with Crippen LogP contribution in [0.2, 0.25) is 0 Å². The lowest BCUT2D eigenvalue weighted by molar-refractivity contribution is 0.706. The van der Waals surface area contributed by atoms with E-state index in [9.17, 15) is 0 Å². The standard InChI is InChI=1S/C12H19NS2/c1-9(2)15-11-5-3-10(4-6-11)12(13)7-8-14/h3-6,9,12,14H,7-8,13H2,1-2H3. The van der Waals surface area contributed by atoms with Gasteiger partial charge < -0.3 is 5.73 Å². The van der Waals surface area contributed by atoms with Crippen molar-refractivity contribution in [1.82, 2.24) is 0 Å². The van der Waals surface area contributed by atoms with Crippen LogP contribution in [0, 0.1) is 0 Å². The molecule has 0 fully saturated rings. The van der Waals surface area contributed by atoms with Crippen molar-refractivity contribution >= 4 is 24.4 Å². The van der Waals surface area contributed by atoms with Crippen LogP contribution in [-0.2, 0) is 0 Å². The fourth-order valence-corrected chi connectivity index (χ4v) is 2.49. The maximum Gasteiger partial charge on any atom is 0.0302 e. The van der Waals surface area contributed by atoms with Gasteiger partial charge in [-0.3, -0.25) is 0 Å². The van der Waals surface area contributed by atoms with Gasteiger partial charge in [0.2, 0.25) is 0 Å². The van der Waals surface area contributed by atoms with Gasteiger partial charge in [0, 0.05) is 16.2 Å². The van der Waals surface area contributed by atoms with Crippen molar-refractivity contribution in [3.63, 3.8) is 0 Å². The second kappa shape index (κ2) is 6.46. The van der Waals surface area contributed by atoms with Crippen molar-refractivity contribution in [1.29, 1.82) is 0 Å². The number of nitrogens with two attached hydrogens (primary N) is 1. The van der Waals surface area contributed by atoms with Gasteiger partial charge in [0.1, 0.15) is 0 Å². The van der Waals surface area contributed by atoms with Crippen LogP contribution in [0.3, 0.4) is 0 Å². The van der Waals surface area contributed by atoms with Gasteiger partial charge in [0.25, 0.3) is 0 Å². The molecule has 0 spiro atoms. The highest BCUT2D eigenvalue weighted by atomic mass is 32.2. The van der Waals surface area contributed by atoms with Crippen LogP contribution in [0.5, 0.6) is 0 Å². The Balaban J connectivity index is 2.63. The van der Waals surface area contributed by atoms with Crippen LogP contribution in [0.15, 0.2) is 29.2 Å². The monoisotopic (exact) mass is 241 g/mol. The summed E-state index contributed by atoms with van der Waals surface area (Å²) in [6.07, 6.45) is 0.930. The summed E-state index contributed by atoms with van der Waals surface area (Å²) < 4.78 is 0. The van der Waals surface area contributed by atoms with Crippen molar-refractivity contribution in [2.24, 2.45) is 5.73 Å². The maximum atomic E-state index is 6.00. The molecule has 1 atom stereocenters. The topological polar surface area (TPSA) is 26.0 Å². The molecule has 0 aliphatic rings. The van der Waals surface area contributed by atoms with Gasteiger partial charge in [-0.1, -0.05) is 26.0 Å². The molecule has 0 aliphatic carbocycles. The first-order valence-corrected chi connectivity index (χ1v) is 6.77. The summed E-state index contributed by atoms with van der Waals surface area (Å²) in [5.74, 6) is 0.837. The van der Waals surface area contributed by atoms with Crippen LogP contribution in [0.4, 0.5) is 0 Å². The Kier molecular flexibility index (Phi) is 5.58. The fraction of sp³-hybridized carbons (Fsp3) is 0.500. The molecule has 0 saturated carbocycles. The first kappa shape index (κ1) is 12.9. The minimum Gasteiger partial charge on any atom is -0.324 e. The number of benzene rings is 1. The third-order valence-corrected chi connectivity index (χ3v) is 3.39. The van der Waals surface area contributed by atoms with E-state index >= 15 is 0 Å². The summed E-state index contributed by atoms with van der Waals surface area (Å²) in [7, 11) is 0. The Morgan fingerprint density at radius 3 is 2.33 bits per heavy atom. The van der Waals surface area contributed by atoms with Gasteiger partial charge in [-0.2, -0.15) is 12.6 Å². The normalized spacial score (nSPS) is 13.1. The van der Waals surface area contributed by atoms with E-state index in [0.717, 1.165) is 12.2 Å². The van der Waals surface area contributed by atoms with Crippen LogP contribution in [0.1, 0.15) is 31.9 Å². The highest BCUT2D eigenvalue weighted by Gasteiger charge is 2.05. The summed E-state index contributed by atoms with van der Waals surface area (Å²) >= 11 is 6.07. The first-order chi connectivity index (χ1) is 7.13. The van der Waals surface area contributed by atoms with Crippen molar-refractivity contribution in [3.8, 4) is 0 Å². The summed E-state index contributed by atoms with van der Waals surface area (Å²) in [5, 5.41) is 0.627. The average molecular weight is 241 g/mol. The summed E-state index contributed by atoms with van der Waals surface area (Å²) in [6.45, 7) is 4.40. The number of hydrogen-bond acceptors (Lipinski definition) is 3. The van der Waals surface area contributed by atoms with E-state index in [-0.39, 0.29) is 6.04 Å². The molecule has 2 N–H and O–H groups in total. The molecule has 1 aromatic rings. The lowest BCUT2D eigenvalue weighted by Crippen LogP contribution is -2.10. The molecule has 0 amide bonds. The molecule has 0 aliphatic heterocycles. The average Bonchev–Trinajstić information content (AvgIpc) is 2.18. The minimum absolute atomic E-state index is 0.126. The van der Waals surface area contributed by atoms with Crippen molar-refractivity contribution in [2.75, 3.05) is 5.75 Å². The van der Waals surface area contributed by atoms with Crippen molar-refractivity contribution in [2.45, 2.75) is 36.5 Å². The Bertz CT molecular complexity index is 282. The SMILES string of the molecule is CC(C)Sc1ccc(C(N)CCS)cc1. The molecule has 1 nitrogen and oxygen atoms in total. The predicted molar refractivity (Wildman–Crippen MR) is 72.8 cm³/mol. The second-order valence-corrected chi connectivity index (χ2v) is 5.95. The zero-order valence-electron chi connectivity index (χ0n) is 9.31. The third-order valence-electron chi connectivity index (χ3n) is 2.12. The Hall–Kier alpha value is -0.120. The summed E-state index contributed by atoms with van der Waals surface area (Å²) in [5.41, 5.74) is 7.21. The zero-order chi connectivity index (χ0) is 11.3. The highest BCUT2D eigenvalue weighted by Crippen LogP contribution is 2.24. The van der Waals surface area contributed by atoms with E-state index in [1.54, 1.807) is 0 Å². The minimum atomic E-state index is 0.126. The smallest absolute Gasteiger partial charge is 0.0302 e. The molecule has 1 aromatic carbocycles. The molecule has 84 valence electrons. The van der Waals surface area contributed by atoms with Crippen LogP contribution in [0.25, 0.3) is 0 Å². The summed E-state index contributed by atoms with van der Waals surface area (Å²) in [6, 6.07) is 8.68. The second-order valence-electron chi connectivity index (χ2n) is 3.85. The zero-order valence-corrected chi connectivity index (χ0v) is 11.0. The number of thiol groups is 1. The molecule has 3 heteroatoms. The van der Waals surface area contributed by atoms with E-state index < -0.39 is 0 Å². The van der Waals surface area contributed by atoms with Crippen LogP contribution < -0.4 is 5.73 Å². The van der Waals surface area contributed by atoms with Gasteiger partial charge in [0.05, 0.1) is 0 Å². The molecule has 1 rings (SSSR count). The molecule has 1 unspecified atom stereocenters. The first-order valence-electron chi connectivity index (χ1n) is 5.26. The largest absolute Gasteiger partial charge is 0.324 e. The third kappa shape index (κ3) is 4.49. The van der Waals surface area contributed by atoms with Gasteiger partial charge in [-0.25, -0.2) is 0 Å². The maximum absolute atomic E-state index is 6.00. The Morgan fingerprint density at radius 2 is 1.87 bits per heavy atom. The van der Waals surface area contributed by atoms with Gasteiger partial charge in [-0.05, 0) is 29.9 Å². The highest BCUT2D eigenvalue weighted by molar-refractivity contribution is 7.99. The Labute approximate surface area is 102 Å². The van der Waals surface area contributed by atoms with Crippen LogP contribution >= 0.6 is 24.4 Å². The van der Waals surface area contributed by atoms with Crippen molar-refractivity contribution < 1.29 is 0 Å². The molecule has 0 bridgehead atoms.